The molecule has 0 saturated carbocycles. The Kier molecular flexibility index (Phi) is 4.31. The van der Waals surface area contributed by atoms with Gasteiger partial charge in [0.1, 0.15) is 12.2 Å². The molecule has 0 spiro atoms. The first-order valence-corrected chi connectivity index (χ1v) is 9.55. The Balaban J connectivity index is 1.37. The Bertz CT molecular complexity index is 711. The Labute approximate surface area is 146 Å². The predicted molar refractivity (Wildman–Crippen MR) is 94.0 cm³/mol. The highest BCUT2D eigenvalue weighted by Gasteiger charge is 2.34. The molecule has 0 radical (unpaired) electrons. The number of hydrogen-bond acceptors (Lipinski definition) is 4. The molecule has 1 saturated heterocycles. The molecule has 2 aliphatic rings. The maximum Gasteiger partial charge on any atom is 0.236 e. The van der Waals surface area contributed by atoms with E-state index in [4.69, 9.17) is 0 Å². The minimum atomic E-state index is 0.0539. The number of hydrogen-bond donors (Lipinski definition) is 0. The van der Waals surface area contributed by atoms with Crippen LogP contribution in [-0.4, -0.2) is 43.9 Å². The topological polar surface area (TPSA) is 51.0 Å². The number of fused-ring (bicyclic) bond motifs is 1. The van der Waals surface area contributed by atoms with Crippen LogP contribution < -0.4 is 0 Å². The van der Waals surface area contributed by atoms with E-state index >= 15 is 0 Å². The molecule has 0 aliphatic carbocycles. The molecule has 1 unspecified atom stereocenters. The largest absolute Gasteiger partial charge is 0.342 e. The number of piperidine rings is 1. The maximum absolute atomic E-state index is 12.9. The maximum atomic E-state index is 12.9. The van der Waals surface area contributed by atoms with Crippen molar-refractivity contribution < 1.29 is 4.79 Å². The molecule has 5 nitrogen and oxygen atoms in total. The van der Waals surface area contributed by atoms with E-state index in [-0.39, 0.29) is 5.25 Å². The second-order valence-corrected chi connectivity index (χ2v) is 7.74. The quantitative estimate of drug-likeness (QED) is 0.861. The van der Waals surface area contributed by atoms with E-state index in [9.17, 15) is 4.79 Å². The van der Waals surface area contributed by atoms with E-state index < -0.39 is 0 Å². The van der Waals surface area contributed by atoms with Crippen LogP contribution in [0.15, 0.2) is 35.5 Å². The highest BCUT2D eigenvalue weighted by atomic mass is 32.2. The van der Waals surface area contributed by atoms with Crippen molar-refractivity contribution in [1.82, 2.24) is 19.7 Å². The molecule has 1 fully saturated rings. The van der Waals surface area contributed by atoms with Gasteiger partial charge in [0.15, 0.2) is 0 Å². The number of thioether (sulfide) groups is 1. The van der Waals surface area contributed by atoms with Crippen molar-refractivity contribution in [3.05, 3.63) is 42.0 Å². The van der Waals surface area contributed by atoms with Crippen LogP contribution in [0.25, 0.3) is 0 Å². The number of amides is 1. The molecule has 4 rings (SSSR count). The first-order chi connectivity index (χ1) is 11.8. The molecule has 3 heterocycles. The molecule has 1 amide bonds. The molecule has 2 aromatic rings. The fourth-order valence-corrected chi connectivity index (χ4v) is 4.98. The normalized spacial score (nSPS) is 21.0. The average molecular weight is 342 g/mol. The molecule has 1 aromatic heterocycles. The lowest BCUT2D eigenvalue weighted by molar-refractivity contribution is -0.131. The molecule has 24 heavy (non-hydrogen) atoms. The summed E-state index contributed by atoms with van der Waals surface area (Å²) in [7, 11) is 0. The number of aryl methyl sites for hydroxylation is 1. The lowest BCUT2D eigenvalue weighted by atomic mass is 9.95. The Hall–Kier alpha value is -1.82. The van der Waals surface area contributed by atoms with E-state index in [2.05, 4.69) is 39.9 Å². The van der Waals surface area contributed by atoms with E-state index in [0.717, 1.165) is 44.7 Å². The van der Waals surface area contributed by atoms with Gasteiger partial charge in [-0.15, -0.1) is 22.0 Å². The van der Waals surface area contributed by atoms with Gasteiger partial charge in [0.05, 0.1) is 5.25 Å². The van der Waals surface area contributed by atoms with Crippen LogP contribution >= 0.6 is 11.8 Å². The van der Waals surface area contributed by atoms with E-state index in [1.807, 2.05) is 11.0 Å². The van der Waals surface area contributed by atoms with Crippen molar-refractivity contribution >= 4 is 17.7 Å². The fourth-order valence-electron chi connectivity index (χ4n) is 3.71. The van der Waals surface area contributed by atoms with Gasteiger partial charge in [-0.1, -0.05) is 18.2 Å². The van der Waals surface area contributed by atoms with Crippen molar-refractivity contribution in [3.8, 4) is 0 Å². The van der Waals surface area contributed by atoms with Crippen LogP contribution in [0.1, 0.15) is 37.1 Å². The lowest BCUT2D eigenvalue weighted by Crippen LogP contribution is -2.42. The third-order valence-corrected chi connectivity index (χ3v) is 6.39. The third kappa shape index (κ3) is 2.83. The van der Waals surface area contributed by atoms with Crippen molar-refractivity contribution in [1.29, 1.82) is 0 Å². The Morgan fingerprint density at radius 2 is 2.08 bits per heavy atom. The Morgan fingerprint density at radius 3 is 2.83 bits per heavy atom. The van der Waals surface area contributed by atoms with Crippen LogP contribution in [0.4, 0.5) is 0 Å². The zero-order valence-electron chi connectivity index (χ0n) is 13.9. The number of likely N-dealkylation sites (tertiary alicyclic amines) is 1. The fraction of sp³-hybridized carbons (Fsp3) is 0.500. The van der Waals surface area contributed by atoms with Gasteiger partial charge in [-0.25, -0.2) is 0 Å². The number of aromatic nitrogens is 3. The SMILES string of the molecule is CCn1cnnc1C1CCN(C(=O)C2Cc3ccccc3S2)CC1. The number of benzene rings is 1. The zero-order valence-corrected chi connectivity index (χ0v) is 14.7. The Morgan fingerprint density at radius 1 is 1.29 bits per heavy atom. The highest BCUT2D eigenvalue weighted by Crippen LogP contribution is 2.38. The molecule has 6 heteroatoms. The van der Waals surface area contributed by atoms with Crippen LogP contribution in [0.3, 0.4) is 0 Å². The first kappa shape index (κ1) is 15.7. The zero-order chi connectivity index (χ0) is 16.5. The molecule has 1 atom stereocenters. The van der Waals surface area contributed by atoms with Crippen molar-refractivity contribution in [2.24, 2.45) is 0 Å². The summed E-state index contributed by atoms with van der Waals surface area (Å²) in [6.07, 6.45) is 4.63. The van der Waals surface area contributed by atoms with Crippen LogP contribution in [0.5, 0.6) is 0 Å². The number of rotatable bonds is 3. The van der Waals surface area contributed by atoms with Crippen LogP contribution in [0, 0.1) is 0 Å². The smallest absolute Gasteiger partial charge is 0.236 e. The lowest BCUT2D eigenvalue weighted by Gasteiger charge is -2.33. The summed E-state index contributed by atoms with van der Waals surface area (Å²) in [5.41, 5.74) is 1.31. The standard InChI is InChI=1S/C18H22N4OS/c1-2-21-12-19-20-17(21)13-7-9-22(10-8-13)18(23)16-11-14-5-3-4-6-15(14)24-16/h3-6,12-13,16H,2,7-11H2,1H3. The van der Waals surface area contributed by atoms with E-state index in [1.165, 1.54) is 10.5 Å². The summed E-state index contributed by atoms with van der Waals surface area (Å²) in [4.78, 5) is 16.2. The first-order valence-electron chi connectivity index (χ1n) is 8.67. The molecule has 2 aliphatic heterocycles. The van der Waals surface area contributed by atoms with Gasteiger partial charge in [0.25, 0.3) is 0 Å². The summed E-state index contributed by atoms with van der Waals surface area (Å²) < 4.78 is 2.12. The summed E-state index contributed by atoms with van der Waals surface area (Å²) in [5, 5.41) is 8.38. The van der Waals surface area contributed by atoms with Gasteiger partial charge in [-0.05, 0) is 37.8 Å². The second kappa shape index (κ2) is 6.59. The van der Waals surface area contributed by atoms with E-state index in [1.54, 1.807) is 18.1 Å². The summed E-state index contributed by atoms with van der Waals surface area (Å²) in [6, 6.07) is 8.37. The molecular weight excluding hydrogens is 320 g/mol. The van der Waals surface area contributed by atoms with Crippen LogP contribution in [0.2, 0.25) is 0 Å². The average Bonchev–Trinajstić information content (AvgIpc) is 3.27. The number of carbonyl (C=O) groups is 1. The molecule has 1 aromatic carbocycles. The molecule has 0 bridgehead atoms. The number of carbonyl (C=O) groups excluding carboxylic acids is 1. The van der Waals surface area contributed by atoms with E-state index in [0.29, 0.717) is 11.8 Å². The molecule has 126 valence electrons. The van der Waals surface area contributed by atoms with Gasteiger partial charge >= 0.3 is 0 Å². The minimum Gasteiger partial charge on any atom is -0.342 e. The van der Waals surface area contributed by atoms with Gasteiger partial charge in [-0.3, -0.25) is 4.79 Å². The predicted octanol–water partition coefficient (Wildman–Crippen LogP) is 2.72. The van der Waals surface area contributed by atoms with Crippen molar-refractivity contribution in [3.63, 3.8) is 0 Å². The number of nitrogens with zero attached hydrogens (tertiary/aromatic N) is 4. The van der Waals surface area contributed by atoms with Gasteiger partial charge in [0, 0.05) is 30.4 Å². The summed E-state index contributed by atoms with van der Waals surface area (Å²) >= 11 is 1.72. The van der Waals surface area contributed by atoms with Gasteiger partial charge in [0.2, 0.25) is 5.91 Å². The highest BCUT2D eigenvalue weighted by molar-refractivity contribution is 8.01. The van der Waals surface area contributed by atoms with Crippen molar-refractivity contribution in [2.45, 2.75) is 48.8 Å². The molecular formula is C18H22N4OS. The van der Waals surface area contributed by atoms with Gasteiger partial charge < -0.3 is 9.47 Å². The molecule has 0 N–H and O–H groups in total. The summed E-state index contributed by atoms with van der Waals surface area (Å²) in [5.74, 6) is 1.80. The minimum absolute atomic E-state index is 0.0539. The van der Waals surface area contributed by atoms with Crippen molar-refractivity contribution in [2.75, 3.05) is 13.1 Å². The summed E-state index contributed by atoms with van der Waals surface area (Å²) in [6.45, 7) is 4.67. The third-order valence-electron chi connectivity index (χ3n) is 5.08. The monoisotopic (exact) mass is 342 g/mol. The van der Waals surface area contributed by atoms with Crippen LogP contribution in [-0.2, 0) is 17.8 Å². The van der Waals surface area contributed by atoms with Gasteiger partial charge in [-0.2, -0.15) is 0 Å². The second-order valence-electron chi connectivity index (χ2n) is 6.49.